The molecule has 2 rings (SSSR count). The molecule has 0 bridgehead atoms. The van der Waals surface area contributed by atoms with Gasteiger partial charge in [-0.15, -0.1) is 0 Å². The van der Waals surface area contributed by atoms with Crippen LogP contribution in [0, 0.1) is 6.92 Å². The highest BCUT2D eigenvalue weighted by atomic mass is 32.2. The van der Waals surface area contributed by atoms with Crippen LogP contribution in [0.15, 0.2) is 21.9 Å². The molecular weight excluding hydrogens is 334 g/mol. The number of nitrogens with one attached hydrogen (secondary N) is 1. The average Bonchev–Trinajstić information content (AvgIpc) is 2.92. The number of carbonyl (C=O) groups excluding carboxylic acids is 2. The Bertz CT molecular complexity index is 749. The molecule has 2 aromatic heterocycles. The first-order valence-electron chi connectivity index (χ1n) is 7.11. The summed E-state index contributed by atoms with van der Waals surface area (Å²) in [4.78, 5) is 31.8. The molecule has 0 aliphatic rings. The lowest BCUT2D eigenvalue weighted by Crippen LogP contribution is -2.23. The highest BCUT2D eigenvalue weighted by Gasteiger charge is 2.19. The number of nitrogens with zero attached hydrogens (tertiary/aromatic N) is 3. The minimum absolute atomic E-state index is 0.00526. The minimum atomic E-state index is -0.584. The van der Waals surface area contributed by atoms with Gasteiger partial charge in [-0.25, -0.2) is 14.8 Å². The van der Waals surface area contributed by atoms with Crippen molar-refractivity contribution in [1.82, 2.24) is 15.1 Å². The number of hydrogen-bond donors (Lipinski definition) is 2. The van der Waals surface area contributed by atoms with E-state index in [0.717, 1.165) is 11.8 Å². The Morgan fingerprint density at radius 1 is 1.50 bits per heavy atom. The fraction of sp³-hybridized carbons (Fsp3) is 0.357. The minimum Gasteiger partial charge on any atom is -0.462 e. The summed E-state index contributed by atoms with van der Waals surface area (Å²) in [6.45, 7) is 5.33. The molecule has 0 radical (unpaired) electrons. The predicted molar refractivity (Wildman–Crippen MR) is 87.6 cm³/mol. The fourth-order valence-corrected chi connectivity index (χ4v) is 2.41. The smallest absolute Gasteiger partial charge is 0.343 e. The third-order valence-electron chi connectivity index (χ3n) is 2.82. The molecule has 24 heavy (non-hydrogen) atoms. The van der Waals surface area contributed by atoms with Crippen LogP contribution in [0.4, 0.5) is 11.6 Å². The van der Waals surface area contributed by atoms with Gasteiger partial charge in [0.15, 0.2) is 11.0 Å². The summed E-state index contributed by atoms with van der Waals surface area (Å²) in [7, 11) is 0. The number of aromatic nitrogens is 3. The van der Waals surface area contributed by atoms with Crippen LogP contribution in [0.3, 0.4) is 0 Å². The number of carbonyl (C=O) groups is 2. The van der Waals surface area contributed by atoms with E-state index in [1.54, 1.807) is 26.8 Å². The molecule has 2 aromatic rings. The number of anilines is 2. The second-order valence-electron chi connectivity index (χ2n) is 4.74. The van der Waals surface area contributed by atoms with Crippen molar-refractivity contribution in [2.45, 2.75) is 31.2 Å². The van der Waals surface area contributed by atoms with Crippen LogP contribution in [-0.2, 0) is 9.53 Å². The number of rotatable bonds is 6. The van der Waals surface area contributed by atoms with Crippen LogP contribution >= 0.6 is 11.8 Å². The zero-order valence-electron chi connectivity index (χ0n) is 13.4. The van der Waals surface area contributed by atoms with Gasteiger partial charge >= 0.3 is 5.97 Å². The molecule has 0 fully saturated rings. The quantitative estimate of drug-likeness (QED) is 0.452. The molecule has 3 N–H and O–H groups in total. The Morgan fingerprint density at radius 3 is 2.83 bits per heavy atom. The van der Waals surface area contributed by atoms with E-state index < -0.39 is 11.2 Å². The largest absolute Gasteiger partial charge is 0.462 e. The van der Waals surface area contributed by atoms with Gasteiger partial charge in [0.1, 0.15) is 17.1 Å². The van der Waals surface area contributed by atoms with Gasteiger partial charge in [-0.05, 0) is 20.8 Å². The topological polar surface area (TPSA) is 133 Å². The van der Waals surface area contributed by atoms with E-state index in [1.807, 2.05) is 0 Å². The van der Waals surface area contributed by atoms with Crippen LogP contribution < -0.4 is 11.1 Å². The zero-order valence-corrected chi connectivity index (χ0v) is 14.2. The number of nitrogen functional groups attached to an aromatic ring is 1. The van der Waals surface area contributed by atoms with Gasteiger partial charge < -0.3 is 20.3 Å². The van der Waals surface area contributed by atoms with Crippen molar-refractivity contribution >= 4 is 35.3 Å². The Balaban J connectivity index is 2.00. The number of aryl methyl sites for hydroxylation is 1. The summed E-state index contributed by atoms with van der Waals surface area (Å²) in [5.74, 6) is 0.0636. The first kappa shape index (κ1) is 17.7. The SMILES string of the molecule is CCOC(=O)c1cnc(SC(C)C(=O)Nc2cc(C)on2)nc1N. The summed E-state index contributed by atoms with van der Waals surface area (Å²) < 4.78 is 9.73. The Morgan fingerprint density at radius 2 is 2.25 bits per heavy atom. The zero-order chi connectivity index (χ0) is 17.7. The lowest BCUT2D eigenvalue weighted by molar-refractivity contribution is -0.115. The van der Waals surface area contributed by atoms with Crippen LogP contribution in [0.1, 0.15) is 30.0 Å². The molecular formula is C14H17N5O4S. The van der Waals surface area contributed by atoms with Crippen LogP contribution in [0.25, 0.3) is 0 Å². The molecule has 10 heteroatoms. The summed E-state index contributed by atoms with van der Waals surface area (Å²) in [5, 5.41) is 6.08. The lowest BCUT2D eigenvalue weighted by Gasteiger charge is -2.10. The van der Waals surface area contributed by atoms with Crippen LogP contribution in [0.5, 0.6) is 0 Å². The summed E-state index contributed by atoms with van der Waals surface area (Å²) >= 11 is 1.10. The molecule has 2 heterocycles. The summed E-state index contributed by atoms with van der Waals surface area (Å²) in [6.07, 6.45) is 1.29. The van der Waals surface area contributed by atoms with Crippen molar-refractivity contribution in [3.8, 4) is 0 Å². The molecule has 0 aliphatic heterocycles. The number of amides is 1. The number of nitrogens with two attached hydrogens (primary N) is 1. The molecule has 1 atom stereocenters. The molecule has 1 unspecified atom stereocenters. The average molecular weight is 351 g/mol. The van der Waals surface area contributed by atoms with E-state index in [4.69, 9.17) is 15.0 Å². The van der Waals surface area contributed by atoms with Crippen molar-refractivity contribution in [2.24, 2.45) is 0 Å². The normalized spacial score (nSPS) is 11.8. The Kier molecular flexibility index (Phi) is 5.74. The van der Waals surface area contributed by atoms with Gasteiger partial charge in [0, 0.05) is 12.3 Å². The van der Waals surface area contributed by atoms with Crippen molar-refractivity contribution in [3.63, 3.8) is 0 Å². The maximum absolute atomic E-state index is 12.1. The van der Waals surface area contributed by atoms with E-state index >= 15 is 0 Å². The number of thioether (sulfide) groups is 1. The molecule has 0 aromatic carbocycles. The lowest BCUT2D eigenvalue weighted by atomic mass is 10.3. The van der Waals surface area contributed by atoms with Crippen LogP contribution in [0.2, 0.25) is 0 Å². The Labute approximate surface area is 142 Å². The molecule has 0 aliphatic carbocycles. The standard InChI is InChI=1S/C14H17N5O4S/c1-4-22-13(21)9-6-16-14(18-11(9)15)24-8(3)12(20)17-10-5-7(2)23-19-10/h5-6,8H,4H2,1-3H3,(H2,15,16,18)(H,17,19,20). The van der Waals surface area contributed by atoms with Crippen molar-refractivity contribution in [2.75, 3.05) is 17.7 Å². The Hall–Kier alpha value is -2.62. The number of hydrogen-bond acceptors (Lipinski definition) is 9. The van der Waals surface area contributed by atoms with Gasteiger partial charge in [-0.1, -0.05) is 16.9 Å². The second-order valence-corrected chi connectivity index (χ2v) is 6.05. The first-order valence-corrected chi connectivity index (χ1v) is 7.99. The predicted octanol–water partition coefficient (Wildman–Crippen LogP) is 1.65. The van der Waals surface area contributed by atoms with Crippen molar-refractivity contribution in [3.05, 3.63) is 23.6 Å². The first-order chi connectivity index (χ1) is 11.4. The highest BCUT2D eigenvalue weighted by molar-refractivity contribution is 8.00. The molecule has 128 valence electrons. The van der Waals surface area contributed by atoms with Crippen molar-refractivity contribution < 1.29 is 18.8 Å². The van der Waals surface area contributed by atoms with Gasteiger partial charge in [-0.2, -0.15) is 0 Å². The van der Waals surface area contributed by atoms with Gasteiger partial charge in [0.05, 0.1) is 11.9 Å². The van der Waals surface area contributed by atoms with Gasteiger partial charge in [0.25, 0.3) is 0 Å². The monoisotopic (exact) mass is 351 g/mol. The maximum atomic E-state index is 12.1. The van der Waals surface area contributed by atoms with Crippen molar-refractivity contribution in [1.29, 1.82) is 0 Å². The third-order valence-corrected chi connectivity index (χ3v) is 3.80. The molecule has 9 nitrogen and oxygen atoms in total. The summed E-state index contributed by atoms with van der Waals surface area (Å²) in [6, 6.07) is 1.61. The van der Waals surface area contributed by atoms with E-state index in [1.165, 1.54) is 6.20 Å². The number of esters is 1. The van der Waals surface area contributed by atoms with E-state index in [-0.39, 0.29) is 29.1 Å². The molecule has 0 saturated carbocycles. The summed E-state index contributed by atoms with van der Waals surface area (Å²) in [5.41, 5.74) is 5.84. The van der Waals surface area contributed by atoms with Gasteiger partial charge in [-0.3, -0.25) is 4.79 Å². The fourth-order valence-electron chi connectivity index (χ4n) is 1.67. The van der Waals surface area contributed by atoms with E-state index in [2.05, 4.69) is 20.4 Å². The number of ether oxygens (including phenoxy) is 1. The highest BCUT2D eigenvalue weighted by Crippen LogP contribution is 2.22. The van der Waals surface area contributed by atoms with Crippen LogP contribution in [-0.4, -0.2) is 38.9 Å². The maximum Gasteiger partial charge on any atom is 0.343 e. The van der Waals surface area contributed by atoms with E-state index in [9.17, 15) is 9.59 Å². The second kappa shape index (κ2) is 7.77. The molecule has 1 amide bonds. The molecule has 0 saturated heterocycles. The molecule has 0 spiro atoms. The van der Waals surface area contributed by atoms with Gasteiger partial charge in [0.2, 0.25) is 5.91 Å². The van der Waals surface area contributed by atoms with E-state index in [0.29, 0.717) is 11.6 Å². The third kappa shape index (κ3) is 4.44.